The highest BCUT2D eigenvalue weighted by molar-refractivity contribution is 5.99. The van der Waals surface area contributed by atoms with Gasteiger partial charge in [0.05, 0.1) is 6.54 Å². The maximum Gasteiger partial charge on any atom is 0.319 e. The highest BCUT2D eigenvalue weighted by Crippen LogP contribution is 2.28. The summed E-state index contributed by atoms with van der Waals surface area (Å²) in [6, 6.07) is 5.57. The number of nitrogens with one attached hydrogen (secondary N) is 1. The number of rotatable bonds is 4. The van der Waals surface area contributed by atoms with Crippen molar-refractivity contribution in [1.29, 1.82) is 0 Å². The van der Waals surface area contributed by atoms with Crippen LogP contribution in [-0.4, -0.2) is 50.9 Å². The third-order valence-corrected chi connectivity index (χ3v) is 5.10. The number of hydrogen-bond donors (Lipinski definition) is 1. The van der Waals surface area contributed by atoms with Crippen LogP contribution in [0.1, 0.15) is 34.0 Å². The molecular weight excluding hydrogens is 352 g/mol. The van der Waals surface area contributed by atoms with Crippen molar-refractivity contribution >= 4 is 16.8 Å². The molecule has 6 nitrogen and oxygen atoms in total. The monoisotopic (exact) mass is 373 g/mol. The normalized spacial score (nSPS) is 14.7. The Morgan fingerprint density at radius 3 is 3.00 bits per heavy atom. The van der Waals surface area contributed by atoms with Gasteiger partial charge in [-0.15, -0.1) is 0 Å². The fourth-order valence-corrected chi connectivity index (χ4v) is 3.63. The Bertz CT molecular complexity index is 993. The molecule has 1 aromatic carbocycles. The van der Waals surface area contributed by atoms with Gasteiger partial charge in [-0.05, 0) is 30.8 Å². The fraction of sp³-hybridized carbons (Fsp3) is 0.368. The molecule has 0 saturated carbocycles. The number of benzene rings is 1. The van der Waals surface area contributed by atoms with Crippen molar-refractivity contribution in [2.45, 2.75) is 26.1 Å². The van der Waals surface area contributed by atoms with Gasteiger partial charge in [-0.2, -0.15) is 8.78 Å². The van der Waals surface area contributed by atoms with Gasteiger partial charge in [0, 0.05) is 61.1 Å². The number of nitrogens with zero attached hydrogens (tertiary/aromatic N) is 4. The smallest absolute Gasteiger partial charge is 0.319 e. The minimum absolute atomic E-state index is 0.0161. The van der Waals surface area contributed by atoms with Gasteiger partial charge in [-0.3, -0.25) is 9.36 Å². The largest absolute Gasteiger partial charge is 0.358 e. The van der Waals surface area contributed by atoms with Crippen LogP contribution in [0.3, 0.4) is 0 Å². The van der Waals surface area contributed by atoms with Crippen molar-refractivity contribution in [1.82, 2.24) is 24.3 Å². The number of likely N-dealkylation sites (N-methyl/N-ethyl adjacent to an activating group) is 1. The zero-order valence-electron chi connectivity index (χ0n) is 15.2. The molecule has 0 fully saturated rings. The molecule has 0 spiro atoms. The maximum atomic E-state index is 13.0. The van der Waals surface area contributed by atoms with E-state index in [1.807, 2.05) is 12.1 Å². The molecule has 1 aliphatic rings. The Labute approximate surface area is 155 Å². The Kier molecular flexibility index (Phi) is 4.43. The third-order valence-electron chi connectivity index (χ3n) is 5.10. The summed E-state index contributed by atoms with van der Waals surface area (Å²) in [7, 11) is 3.67. The number of alkyl halides is 2. The van der Waals surface area contributed by atoms with Crippen LogP contribution in [0.25, 0.3) is 10.9 Å². The van der Waals surface area contributed by atoms with Gasteiger partial charge >= 0.3 is 6.55 Å². The van der Waals surface area contributed by atoms with E-state index in [0.717, 1.165) is 35.0 Å². The lowest BCUT2D eigenvalue weighted by Crippen LogP contribution is -2.28. The van der Waals surface area contributed by atoms with Crippen LogP contribution >= 0.6 is 0 Å². The fourth-order valence-electron chi connectivity index (χ4n) is 3.63. The van der Waals surface area contributed by atoms with Crippen molar-refractivity contribution in [3.8, 4) is 0 Å². The van der Waals surface area contributed by atoms with Gasteiger partial charge in [0.15, 0.2) is 0 Å². The molecule has 142 valence electrons. The molecule has 0 bridgehead atoms. The molecular formula is C19H21F2N5O. The first-order valence-corrected chi connectivity index (χ1v) is 8.81. The molecule has 0 aliphatic carbocycles. The van der Waals surface area contributed by atoms with E-state index in [0.29, 0.717) is 5.56 Å². The predicted octanol–water partition coefficient (Wildman–Crippen LogP) is 3.02. The second kappa shape index (κ2) is 6.77. The first-order valence-electron chi connectivity index (χ1n) is 8.81. The number of imidazole rings is 1. The summed E-state index contributed by atoms with van der Waals surface area (Å²) in [6.07, 6.45) is 3.49. The van der Waals surface area contributed by atoms with Gasteiger partial charge in [0.2, 0.25) is 0 Å². The molecule has 3 heterocycles. The van der Waals surface area contributed by atoms with Crippen molar-refractivity contribution in [2.75, 3.05) is 20.6 Å². The number of amides is 1. The van der Waals surface area contributed by atoms with Crippen molar-refractivity contribution in [3.05, 3.63) is 53.2 Å². The van der Waals surface area contributed by atoms with Crippen LogP contribution < -0.4 is 0 Å². The summed E-state index contributed by atoms with van der Waals surface area (Å²) in [5.74, 6) is -0.0672. The van der Waals surface area contributed by atoms with Crippen molar-refractivity contribution in [2.24, 2.45) is 0 Å². The highest BCUT2D eigenvalue weighted by Gasteiger charge is 2.21. The molecule has 3 aromatic rings. The Hall–Kier alpha value is -2.74. The van der Waals surface area contributed by atoms with Gasteiger partial charge in [-0.25, -0.2) is 4.98 Å². The average Bonchev–Trinajstić information content (AvgIpc) is 3.24. The third kappa shape index (κ3) is 3.21. The zero-order chi connectivity index (χ0) is 19.1. The number of halogens is 2. The molecule has 0 saturated heterocycles. The lowest BCUT2D eigenvalue weighted by Gasteiger charge is -2.22. The minimum atomic E-state index is -2.68. The van der Waals surface area contributed by atoms with E-state index < -0.39 is 6.55 Å². The number of aromatic nitrogens is 3. The number of fused-ring (bicyclic) bond motifs is 3. The molecule has 2 aromatic heterocycles. The lowest BCUT2D eigenvalue weighted by molar-refractivity contribution is 0.0612. The average molecular weight is 373 g/mol. The summed E-state index contributed by atoms with van der Waals surface area (Å²) < 4.78 is 26.7. The van der Waals surface area contributed by atoms with E-state index in [1.165, 1.54) is 28.6 Å². The Morgan fingerprint density at radius 1 is 1.41 bits per heavy atom. The van der Waals surface area contributed by atoms with Crippen LogP contribution in [0.5, 0.6) is 0 Å². The lowest BCUT2D eigenvalue weighted by atomic mass is 10.0. The Balaban J connectivity index is 1.60. The number of carbonyl (C=O) groups is 1. The molecule has 0 atom stereocenters. The summed E-state index contributed by atoms with van der Waals surface area (Å²) >= 11 is 0. The van der Waals surface area contributed by atoms with Crippen LogP contribution in [0.4, 0.5) is 8.78 Å². The van der Waals surface area contributed by atoms with Crippen LogP contribution in [-0.2, 0) is 19.5 Å². The summed E-state index contributed by atoms with van der Waals surface area (Å²) in [5.41, 5.74) is 4.00. The van der Waals surface area contributed by atoms with Crippen molar-refractivity contribution < 1.29 is 13.6 Å². The molecule has 1 amide bonds. The van der Waals surface area contributed by atoms with E-state index in [4.69, 9.17) is 0 Å². The highest BCUT2D eigenvalue weighted by atomic mass is 19.3. The molecule has 1 N–H and O–H groups in total. The quantitative estimate of drug-likeness (QED) is 0.765. The number of aromatic amines is 1. The summed E-state index contributed by atoms with van der Waals surface area (Å²) in [6.45, 7) is -0.812. The second-order valence-corrected chi connectivity index (χ2v) is 7.02. The second-order valence-electron chi connectivity index (χ2n) is 7.02. The topological polar surface area (TPSA) is 57.2 Å². The molecule has 1 aliphatic heterocycles. The van der Waals surface area contributed by atoms with Gasteiger partial charge in [0.1, 0.15) is 5.82 Å². The number of hydrogen-bond acceptors (Lipinski definition) is 3. The standard InChI is InChI=1S/C19H21F2N5O/c1-24-7-5-16-14(10-24)13-9-12(3-4-15(13)23-16)18(27)25(2)11-17-22-6-8-26(17)19(20)21/h3-4,6,8-9,19,23H,5,7,10-11H2,1-2H3. The molecule has 8 heteroatoms. The van der Waals surface area contributed by atoms with Crippen LogP contribution in [0, 0.1) is 0 Å². The minimum Gasteiger partial charge on any atom is -0.358 e. The molecule has 0 radical (unpaired) electrons. The van der Waals surface area contributed by atoms with E-state index >= 15 is 0 Å². The van der Waals surface area contributed by atoms with E-state index in [9.17, 15) is 13.6 Å². The van der Waals surface area contributed by atoms with E-state index in [-0.39, 0.29) is 18.3 Å². The van der Waals surface area contributed by atoms with E-state index in [1.54, 1.807) is 13.1 Å². The summed E-state index contributed by atoms with van der Waals surface area (Å²) in [4.78, 5) is 23.9. The Morgan fingerprint density at radius 2 is 2.22 bits per heavy atom. The first kappa shape index (κ1) is 17.7. The summed E-state index contributed by atoms with van der Waals surface area (Å²) in [5, 5.41) is 1.05. The van der Waals surface area contributed by atoms with Crippen molar-refractivity contribution in [3.63, 3.8) is 0 Å². The van der Waals surface area contributed by atoms with Gasteiger partial charge in [-0.1, -0.05) is 0 Å². The first-order chi connectivity index (χ1) is 12.9. The SMILES string of the molecule is CN1CCc2[nH]c3ccc(C(=O)N(C)Cc4nccn4C(F)F)cc3c2C1. The number of H-pyrrole nitrogens is 1. The zero-order valence-corrected chi connectivity index (χ0v) is 15.2. The molecule has 4 rings (SSSR count). The van der Waals surface area contributed by atoms with Gasteiger partial charge < -0.3 is 14.8 Å². The van der Waals surface area contributed by atoms with Crippen LogP contribution in [0.2, 0.25) is 0 Å². The molecule has 27 heavy (non-hydrogen) atoms. The maximum absolute atomic E-state index is 13.0. The van der Waals surface area contributed by atoms with Gasteiger partial charge in [0.25, 0.3) is 5.91 Å². The molecule has 0 unspecified atom stereocenters. The predicted molar refractivity (Wildman–Crippen MR) is 97.6 cm³/mol. The van der Waals surface area contributed by atoms with Crippen LogP contribution in [0.15, 0.2) is 30.6 Å². The van der Waals surface area contributed by atoms with E-state index in [2.05, 4.69) is 21.9 Å². The number of carbonyl (C=O) groups excluding carboxylic acids is 1.